The molecule has 0 atom stereocenters. The van der Waals surface area contributed by atoms with Crippen molar-refractivity contribution in [1.82, 2.24) is 0 Å². The molecule has 1 aliphatic rings. The third-order valence-electron chi connectivity index (χ3n) is 2.46. The van der Waals surface area contributed by atoms with Gasteiger partial charge in [-0.2, -0.15) is 0 Å². The van der Waals surface area contributed by atoms with E-state index in [1.807, 2.05) is 25.1 Å². The van der Waals surface area contributed by atoms with Gasteiger partial charge in [0.05, 0.1) is 5.69 Å². The Bertz CT molecular complexity index is 454. The minimum atomic E-state index is -0.0456. The highest BCUT2D eigenvalue weighted by molar-refractivity contribution is 6.70. The van der Waals surface area contributed by atoms with Gasteiger partial charge in [0, 0.05) is 12.6 Å². The molecule has 3 nitrogen and oxygen atoms in total. The van der Waals surface area contributed by atoms with E-state index in [4.69, 9.17) is 11.6 Å². The molecule has 1 aromatic rings. The van der Waals surface area contributed by atoms with Crippen LogP contribution in [0.4, 0.5) is 5.69 Å². The first-order valence-corrected chi connectivity index (χ1v) is 5.05. The second-order valence-corrected chi connectivity index (χ2v) is 3.94. The molecule has 15 heavy (non-hydrogen) atoms. The van der Waals surface area contributed by atoms with Crippen LogP contribution in [0.2, 0.25) is 0 Å². The first kappa shape index (κ1) is 10.2. The third-order valence-corrected chi connectivity index (χ3v) is 2.79. The fraction of sp³-hybridized carbons (Fsp3) is 0.273. The number of halogens is 1. The van der Waals surface area contributed by atoms with Crippen molar-refractivity contribution in [2.24, 2.45) is 4.99 Å². The molecule has 0 bridgehead atoms. The number of hydrogen-bond acceptors (Lipinski definition) is 2. The van der Waals surface area contributed by atoms with Gasteiger partial charge in [0.1, 0.15) is 11.7 Å². The van der Waals surface area contributed by atoms with Crippen LogP contribution in [-0.4, -0.2) is 24.7 Å². The van der Waals surface area contributed by atoms with Crippen molar-refractivity contribution in [3.05, 3.63) is 29.3 Å². The summed E-state index contributed by atoms with van der Waals surface area (Å²) in [6, 6.07) is 5.79. The minimum Gasteiger partial charge on any atom is -0.313 e. The van der Waals surface area contributed by atoms with Crippen molar-refractivity contribution in [2.75, 3.05) is 18.5 Å². The number of aliphatic imine (C=N–C) groups is 1. The molecule has 0 N–H and O–H groups in total. The van der Waals surface area contributed by atoms with Gasteiger partial charge in [-0.15, -0.1) is 0 Å². The number of benzene rings is 1. The van der Waals surface area contributed by atoms with Gasteiger partial charge >= 0.3 is 0 Å². The predicted molar refractivity (Wildman–Crippen MR) is 61.8 cm³/mol. The Balaban J connectivity index is 2.63. The summed E-state index contributed by atoms with van der Waals surface area (Å²) < 4.78 is 0. The number of hydrogen-bond donors (Lipinski definition) is 0. The van der Waals surface area contributed by atoms with Crippen LogP contribution < -0.4 is 4.90 Å². The maximum Gasteiger partial charge on any atom is 0.248 e. The van der Waals surface area contributed by atoms with E-state index in [1.54, 1.807) is 11.9 Å². The number of rotatable bonds is 0. The zero-order valence-corrected chi connectivity index (χ0v) is 9.38. The van der Waals surface area contributed by atoms with E-state index in [0.29, 0.717) is 5.17 Å². The maximum atomic E-state index is 11.6. The van der Waals surface area contributed by atoms with Gasteiger partial charge in [-0.1, -0.05) is 23.2 Å². The Hall–Kier alpha value is -1.35. The first-order chi connectivity index (χ1) is 7.09. The molecule has 0 saturated carbocycles. The molecule has 0 saturated heterocycles. The van der Waals surface area contributed by atoms with Crippen LogP contribution in [0, 0.1) is 6.92 Å². The summed E-state index contributed by atoms with van der Waals surface area (Å²) in [6.45, 7) is 2.10. The summed E-state index contributed by atoms with van der Waals surface area (Å²) in [5, 5.41) is 0.409. The van der Waals surface area contributed by atoms with Crippen LogP contribution in [0.5, 0.6) is 0 Å². The number of fused-ring (bicyclic) bond motifs is 1. The van der Waals surface area contributed by atoms with Gasteiger partial charge in [0.15, 0.2) is 0 Å². The van der Waals surface area contributed by atoms with Gasteiger partial charge < -0.3 is 4.90 Å². The minimum absolute atomic E-state index is 0.0456. The summed E-state index contributed by atoms with van der Waals surface area (Å²) in [7, 11) is 1.74. The molecule has 0 spiro atoms. The summed E-state index contributed by atoms with van der Waals surface area (Å²) in [5.41, 5.74) is 2.74. The van der Waals surface area contributed by atoms with Crippen LogP contribution >= 0.6 is 11.6 Å². The van der Waals surface area contributed by atoms with E-state index < -0.39 is 0 Å². The molecule has 0 radical (unpaired) electrons. The Kier molecular flexibility index (Phi) is 2.49. The molecule has 1 heterocycles. The highest BCUT2D eigenvalue weighted by Crippen LogP contribution is 2.25. The Morgan fingerprint density at radius 2 is 2.20 bits per heavy atom. The number of anilines is 1. The molecular weight excluding hydrogens is 212 g/mol. The Morgan fingerprint density at radius 3 is 2.93 bits per heavy atom. The number of likely N-dealkylation sites (N-methyl/N-ethyl adjacent to an activating group) is 1. The predicted octanol–water partition coefficient (Wildman–Crippen LogP) is 1.96. The average molecular weight is 223 g/mol. The van der Waals surface area contributed by atoms with Crippen molar-refractivity contribution < 1.29 is 4.79 Å². The number of nitrogens with zero attached hydrogens (tertiary/aromatic N) is 2. The van der Waals surface area contributed by atoms with Gasteiger partial charge in [-0.3, -0.25) is 9.79 Å². The van der Waals surface area contributed by atoms with Crippen molar-refractivity contribution in [3.8, 4) is 0 Å². The Morgan fingerprint density at radius 1 is 1.47 bits per heavy atom. The molecule has 1 aliphatic heterocycles. The summed E-state index contributed by atoms with van der Waals surface area (Å²) in [6.07, 6.45) is 0. The van der Waals surface area contributed by atoms with E-state index in [0.717, 1.165) is 16.8 Å². The van der Waals surface area contributed by atoms with E-state index >= 15 is 0 Å². The molecule has 0 aromatic heterocycles. The number of benzodiazepines with no additional fused rings is 1. The topological polar surface area (TPSA) is 32.7 Å². The normalized spacial score (nSPS) is 15.8. The second kappa shape index (κ2) is 3.66. The number of aryl methyl sites for hydroxylation is 1. The van der Waals surface area contributed by atoms with E-state index in [1.165, 1.54) is 0 Å². The maximum absolute atomic E-state index is 11.6. The number of carbonyl (C=O) groups excluding carboxylic acids is 1. The molecule has 0 unspecified atom stereocenters. The third kappa shape index (κ3) is 1.75. The van der Waals surface area contributed by atoms with Gasteiger partial charge in [-0.05, 0) is 19.1 Å². The number of amides is 1. The second-order valence-electron chi connectivity index (χ2n) is 3.58. The van der Waals surface area contributed by atoms with Crippen molar-refractivity contribution in [1.29, 1.82) is 0 Å². The van der Waals surface area contributed by atoms with E-state index in [-0.39, 0.29) is 12.5 Å². The monoisotopic (exact) mass is 222 g/mol. The molecule has 0 aliphatic carbocycles. The molecule has 4 heteroatoms. The van der Waals surface area contributed by atoms with E-state index in [2.05, 4.69) is 4.99 Å². The summed E-state index contributed by atoms with van der Waals surface area (Å²) >= 11 is 6.03. The van der Waals surface area contributed by atoms with Gasteiger partial charge in [0.25, 0.3) is 0 Å². The lowest BCUT2D eigenvalue weighted by Gasteiger charge is -2.17. The SMILES string of the molecule is Cc1ccc2c(c1)C(Cl)=NCC(=O)N2C. The van der Waals surface area contributed by atoms with Gasteiger partial charge in [-0.25, -0.2) is 0 Å². The zero-order chi connectivity index (χ0) is 11.0. The fourth-order valence-electron chi connectivity index (χ4n) is 1.57. The smallest absolute Gasteiger partial charge is 0.248 e. The molecule has 78 valence electrons. The van der Waals surface area contributed by atoms with Gasteiger partial charge in [0.2, 0.25) is 5.91 Å². The lowest BCUT2D eigenvalue weighted by Crippen LogP contribution is -2.27. The van der Waals surface area contributed by atoms with Crippen LogP contribution in [0.1, 0.15) is 11.1 Å². The lowest BCUT2D eigenvalue weighted by molar-refractivity contribution is -0.116. The van der Waals surface area contributed by atoms with Crippen molar-refractivity contribution >= 4 is 28.4 Å². The van der Waals surface area contributed by atoms with Crippen molar-refractivity contribution in [3.63, 3.8) is 0 Å². The Labute approximate surface area is 93.4 Å². The fourth-order valence-corrected chi connectivity index (χ4v) is 1.78. The largest absolute Gasteiger partial charge is 0.313 e. The van der Waals surface area contributed by atoms with E-state index in [9.17, 15) is 4.79 Å². The number of carbonyl (C=O) groups is 1. The van der Waals surface area contributed by atoms with Crippen LogP contribution in [0.3, 0.4) is 0 Å². The molecular formula is C11H11ClN2O. The molecule has 1 amide bonds. The highest BCUT2D eigenvalue weighted by Gasteiger charge is 2.20. The lowest BCUT2D eigenvalue weighted by atomic mass is 10.1. The van der Waals surface area contributed by atoms with Crippen LogP contribution in [0.15, 0.2) is 23.2 Å². The summed E-state index contributed by atoms with van der Waals surface area (Å²) in [5.74, 6) is -0.0456. The molecule has 2 rings (SSSR count). The summed E-state index contributed by atoms with van der Waals surface area (Å²) in [4.78, 5) is 17.2. The first-order valence-electron chi connectivity index (χ1n) is 4.67. The average Bonchev–Trinajstić information content (AvgIpc) is 2.32. The van der Waals surface area contributed by atoms with Crippen molar-refractivity contribution in [2.45, 2.75) is 6.92 Å². The molecule has 0 fully saturated rings. The molecule has 1 aromatic carbocycles. The highest BCUT2D eigenvalue weighted by atomic mass is 35.5. The zero-order valence-electron chi connectivity index (χ0n) is 8.62. The van der Waals surface area contributed by atoms with Crippen LogP contribution in [0.25, 0.3) is 0 Å². The van der Waals surface area contributed by atoms with Crippen LogP contribution in [-0.2, 0) is 4.79 Å². The standard InChI is InChI=1S/C11H11ClN2O/c1-7-3-4-9-8(5-7)11(12)13-6-10(15)14(9)2/h3-5H,6H2,1-2H3. The quantitative estimate of drug-likeness (QED) is 0.661.